The number of aliphatic hydroxyl groups excluding tert-OH is 1. The number of hydrogen-bond acceptors (Lipinski definition) is 4. The largest absolute Gasteiger partial charge is 0.396 e. The molecule has 6 heteroatoms. The molecule has 0 bridgehead atoms. The van der Waals surface area contributed by atoms with Gasteiger partial charge in [0, 0.05) is 26.2 Å². The maximum atomic E-state index is 12.6. The topological polar surface area (TPSA) is 69.6 Å². The van der Waals surface area contributed by atoms with Crippen LogP contribution < -0.4 is 5.32 Å². The molecule has 0 aromatic heterocycles. The van der Waals surface area contributed by atoms with Gasteiger partial charge in [-0.3, -0.25) is 0 Å². The van der Waals surface area contributed by atoms with Gasteiger partial charge in [0.05, 0.1) is 5.69 Å². The van der Waals surface area contributed by atoms with Crippen molar-refractivity contribution < 1.29 is 13.5 Å². The highest BCUT2D eigenvalue weighted by Crippen LogP contribution is 2.28. The molecule has 2 N–H and O–H groups in total. The van der Waals surface area contributed by atoms with Crippen molar-refractivity contribution in [2.45, 2.75) is 18.2 Å². The van der Waals surface area contributed by atoms with Crippen LogP contribution in [0.1, 0.15) is 13.3 Å². The number of aliphatic hydroxyl groups is 1. The lowest BCUT2D eigenvalue weighted by Gasteiger charge is -2.19. The maximum Gasteiger partial charge on any atom is 0.245 e. The van der Waals surface area contributed by atoms with E-state index in [2.05, 4.69) is 5.32 Å². The van der Waals surface area contributed by atoms with Crippen LogP contribution in [0.4, 0.5) is 5.69 Å². The number of anilines is 1. The van der Waals surface area contributed by atoms with Gasteiger partial charge in [0.2, 0.25) is 10.0 Å². The summed E-state index contributed by atoms with van der Waals surface area (Å²) in [6.45, 7) is 3.53. The van der Waals surface area contributed by atoms with E-state index < -0.39 is 10.0 Å². The molecule has 1 aliphatic rings. The second-order valence-electron chi connectivity index (χ2n) is 4.73. The molecule has 1 heterocycles. The van der Waals surface area contributed by atoms with Gasteiger partial charge in [0.25, 0.3) is 0 Å². The lowest BCUT2D eigenvalue weighted by Crippen LogP contribution is -2.30. The third kappa shape index (κ3) is 2.91. The molecule has 0 saturated carbocycles. The first-order valence-electron chi connectivity index (χ1n) is 6.53. The van der Waals surface area contributed by atoms with E-state index >= 15 is 0 Å². The number of nitrogens with one attached hydrogen (secondary N) is 1. The van der Waals surface area contributed by atoms with Crippen LogP contribution in [0.15, 0.2) is 29.2 Å². The summed E-state index contributed by atoms with van der Waals surface area (Å²) in [6, 6.07) is 6.94. The zero-order chi connectivity index (χ0) is 13.9. The van der Waals surface area contributed by atoms with Crippen LogP contribution in [0, 0.1) is 5.92 Å². The average molecular weight is 284 g/mol. The number of rotatable bonds is 5. The molecule has 1 saturated heterocycles. The van der Waals surface area contributed by atoms with E-state index in [0.717, 1.165) is 6.42 Å². The first kappa shape index (κ1) is 14.3. The SMILES string of the molecule is CCNc1ccccc1S(=O)(=O)N1CCC(CO)C1. The van der Waals surface area contributed by atoms with E-state index in [1.807, 2.05) is 13.0 Å². The fourth-order valence-corrected chi connectivity index (χ4v) is 4.03. The molecule has 19 heavy (non-hydrogen) atoms. The Morgan fingerprint density at radius 1 is 1.42 bits per heavy atom. The molecule has 2 rings (SSSR count). The third-order valence-corrected chi connectivity index (χ3v) is 5.30. The second-order valence-corrected chi connectivity index (χ2v) is 6.63. The predicted octanol–water partition coefficient (Wildman–Crippen LogP) is 1.12. The third-order valence-electron chi connectivity index (χ3n) is 3.38. The second kappa shape index (κ2) is 5.90. The molecule has 1 aromatic rings. The van der Waals surface area contributed by atoms with Crippen LogP contribution in [-0.2, 0) is 10.0 Å². The molecule has 0 radical (unpaired) electrons. The molecule has 0 aliphatic carbocycles. The van der Waals surface area contributed by atoms with E-state index in [9.17, 15) is 8.42 Å². The Bertz CT molecular complexity index is 530. The maximum absolute atomic E-state index is 12.6. The monoisotopic (exact) mass is 284 g/mol. The predicted molar refractivity (Wildman–Crippen MR) is 74.6 cm³/mol. The van der Waals surface area contributed by atoms with E-state index in [0.29, 0.717) is 30.2 Å². The minimum Gasteiger partial charge on any atom is -0.396 e. The van der Waals surface area contributed by atoms with Crippen molar-refractivity contribution in [3.63, 3.8) is 0 Å². The molecule has 106 valence electrons. The number of hydrogen-bond donors (Lipinski definition) is 2. The van der Waals surface area contributed by atoms with Gasteiger partial charge < -0.3 is 10.4 Å². The summed E-state index contributed by atoms with van der Waals surface area (Å²) in [7, 11) is -3.47. The summed E-state index contributed by atoms with van der Waals surface area (Å²) < 4.78 is 26.7. The van der Waals surface area contributed by atoms with Crippen molar-refractivity contribution in [1.82, 2.24) is 4.31 Å². The summed E-state index contributed by atoms with van der Waals surface area (Å²) >= 11 is 0. The zero-order valence-electron chi connectivity index (χ0n) is 11.0. The van der Waals surface area contributed by atoms with Crippen molar-refractivity contribution in [1.29, 1.82) is 0 Å². The van der Waals surface area contributed by atoms with E-state index in [1.54, 1.807) is 18.2 Å². The van der Waals surface area contributed by atoms with Crippen molar-refractivity contribution in [2.24, 2.45) is 5.92 Å². The zero-order valence-corrected chi connectivity index (χ0v) is 11.9. The number of sulfonamides is 1. The quantitative estimate of drug-likeness (QED) is 0.850. The van der Waals surface area contributed by atoms with Crippen LogP contribution in [0.5, 0.6) is 0 Å². The van der Waals surface area contributed by atoms with Gasteiger partial charge in [-0.2, -0.15) is 4.31 Å². The Morgan fingerprint density at radius 2 is 2.16 bits per heavy atom. The highest BCUT2D eigenvalue weighted by Gasteiger charge is 2.33. The lowest BCUT2D eigenvalue weighted by atomic mass is 10.1. The van der Waals surface area contributed by atoms with Crippen molar-refractivity contribution in [2.75, 3.05) is 31.6 Å². The van der Waals surface area contributed by atoms with Gasteiger partial charge in [-0.25, -0.2) is 8.42 Å². The van der Waals surface area contributed by atoms with Gasteiger partial charge in [-0.15, -0.1) is 0 Å². The van der Waals surface area contributed by atoms with Gasteiger partial charge >= 0.3 is 0 Å². The van der Waals surface area contributed by atoms with E-state index in [-0.39, 0.29) is 12.5 Å². The highest BCUT2D eigenvalue weighted by molar-refractivity contribution is 7.89. The average Bonchev–Trinajstić information content (AvgIpc) is 2.89. The molecule has 0 amide bonds. The number of nitrogens with zero attached hydrogens (tertiary/aromatic N) is 1. The summed E-state index contributed by atoms with van der Waals surface area (Å²) in [4.78, 5) is 0.315. The molecule has 1 unspecified atom stereocenters. The van der Waals surface area contributed by atoms with E-state index in [4.69, 9.17) is 5.11 Å². The number of para-hydroxylation sites is 1. The van der Waals surface area contributed by atoms with Crippen LogP contribution in [-0.4, -0.2) is 44.1 Å². The summed E-state index contributed by atoms with van der Waals surface area (Å²) in [5.74, 6) is 0.0565. The molecular formula is C13H20N2O3S. The Kier molecular flexibility index (Phi) is 4.44. The van der Waals surface area contributed by atoms with Crippen LogP contribution in [0.2, 0.25) is 0 Å². The van der Waals surface area contributed by atoms with Crippen LogP contribution in [0.3, 0.4) is 0 Å². The number of benzene rings is 1. The summed E-state index contributed by atoms with van der Waals surface area (Å²) in [6.07, 6.45) is 0.721. The van der Waals surface area contributed by atoms with E-state index in [1.165, 1.54) is 4.31 Å². The Labute approximate surface area is 114 Å². The molecule has 5 nitrogen and oxygen atoms in total. The van der Waals surface area contributed by atoms with Gasteiger partial charge in [0.15, 0.2) is 0 Å². The molecule has 1 fully saturated rings. The van der Waals surface area contributed by atoms with Crippen molar-refractivity contribution >= 4 is 15.7 Å². The Hall–Kier alpha value is -1.11. The van der Waals surface area contributed by atoms with Gasteiger partial charge in [-0.05, 0) is 31.4 Å². The molecule has 1 aromatic carbocycles. The smallest absolute Gasteiger partial charge is 0.245 e. The molecule has 0 spiro atoms. The van der Waals surface area contributed by atoms with Crippen molar-refractivity contribution in [3.8, 4) is 0 Å². The van der Waals surface area contributed by atoms with Crippen LogP contribution >= 0.6 is 0 Å². The first-order valence-corrected chi connectivity index (χ1v) is 7.97. The lowest BCUT2D eigenvalue weighted by molar-refractivity contribution is 0.233. The molecule has 1 atom stereocenters. The van der Waals surface area contributed by atoms with Gasteiger partial charge in [-0.1, -0.05) is 12.1 Å². The standard InChI is InChI=1S/C13H20N2O3S/c1-2-14-12-5-3-4-6-13(12)19(17,18)15-8-7-11(9-15)10-16/h3-6,11,14,16H,2,7-10H2,1H3. The minimum atomic E-state index is -3.47. The first-order chi connectivity index (χ1) is 9.09. The normalized spacial score (nSPS) is 20.6. The van der Waals surface area contributed by atoms with Crippen molar-refractivity contribution in [3.05, 3.63) is 24.3 Å². The Balaban J connectivity index is 2.30. The minimum absolute atomic E-state index is 0.0425. The van der Waals surface area contributed by atoms with Gasteiger partial charge in [0.1, 0.15) is 4.90 Å². The highest BCUT2D eigenvalue weighted by atomic mass is 32.2. The summed E-state index contributed by atoms with van der Waals surface area (Å²) in [5, 5.41) is 12.2. The summed E-state index contributed by atoms with van der Waals surface area (Å²) in [5.41, 5.74) is 0.637. The molecule has 1 aliphatic heterocycles. The van der Waals surface area contributed by atoms with Crippen LogP contribution in [0.25, 0.3) is 0 Å². The fraction of sp³-hybridized carbons (Fsp3) is 0.538. The Morgan fingerprint density at radius 3 is 2.79 bits per heavy atom. The fourth-order valence-electron chi connectivity index (χ4n) is 2.33. The molecular weight excluding hydrogens is 264 g/mol.